The number of nitrogens with one attached hydrogen (secondary N) is 2. The molecule has 1 aromatic heterocycles. The number of rotatable bonds is 6. The summed E-state index contributed by atoms with van der Waals surface area (Å²) < 4.78 is 5.58. The van der Waals surface area contributed by atoms with Crippen LogP contribution in [0.4, 0.5) is 5.82 Å². The highest BCUT2D eigenvalue weighted by Gasteiger charge is 2.17. The van der Waals surface area contributed by atoms with Crippen LogP contribution in [0.5, 0.6) is 0 Å². The van der Waals surface area contributed by atoms with Gasteiger partial charge >= 0.3 is 0 Å². The molecule has 24 heavy (non-hydrogen) atoms. The first-order chi connectivity index (χ1) is 11.6. The summed E-state index contributed by atoms with van der Waals surface area (Å²) in [6.07, 6.45) is 3.25. The average molecular weight is 333 g/mol. The van der Waals surface area contributed by atoms with Gasteiger partial charge in [0.15, 0.2) is 5.96 Å². The van der Waals surface area contributed by atoms with Crippen molar-refractivity contribution in [2.75, 3.05) is 31.1 Å². The van der Waals surface area contributed by atoms with Crippen molar-refractivity contribution >= 4 is 11.8 Å². The molecule has 0 aromatic carbocycles. The number of morpholine rings is 1. The maximum Gasteiger partial charge on any atom is 0.191 e. The predicted octanol–water partition coefficient (Wildman–Crippen LogP) is 2.16. The van der Waals surface area contributed by atoms with Crippen LogP contribution >= 0.6 is 0 Å². The molecule has 2 heterocycles. The summed E-state index contributed by atoms with van der Waals surface area (Å²) in [4.78, 5) is 11.5. The Balaban J connectivity index is 1.95. The number of hydrogen-bond donors (Lipinski definition) is 2. The van der Waals surface area contributed by atoms with Crippen LogP contribution in [0.25, 0.3) is 0 Å². The smallest absolute Gasteiger partial charge is 0.191 e. The zero-order valence-electron chi connectivity index (χ0n) is 15.4. The Morgan fingerprint density at radius 1 is 1.46 bits per heavy atom. The molecule has 0 radical (unpaired) electrons. The second-order valence-corrected chi connectivity index (χ2v) is 6.30. The largest absolute Gasteiger partial charge is 0.375 e. The number of guanidine groups is 1. The maximum absolute atomic E-state index is 5.58. The van der Waals surface area contributed by atoms with Crippen molar-refractivity contribution < 1.29 is 4.74 Å². The van der Waals surface area contributed by atoms with Gasteiger partial charge in [-0.05, 0) is 38.8 Å². The molecule has 0 spiro atoms. The summed E-state index contributed by atoms with van der Waals surface area (Å²) in [5, 5.41) is 6.68. The molecule has 0 aliphatic carbocycles. The van der Waals surface area contributed by atoms with E-state index in [2.05, 4.69) is 65.3 Å². The maximum atomic E-state index is 5.58. The Bertz CT molecular complexity index is 517. The lowest BCUT2D eigenvalue weighted by molar-refractivity contribution is 0.0529. The van der Waals surface area contributed by atoms with Crippen LogP contribution in [0.1, 0.15) is 39.7 Å². The van der Waals surface area contributed by atoms with Crippen LogP contribution in [-0.4, -0.2) is 49.3 Å². The molecule has 2 N–H and O–H groups in total. The van der Waals surface area contributed by atoms with Crippen molar-refractivity contribution in [1.29, 1.82) is 0 Å². The molecule has 2 rings (SSSR count). The van der Waals surface area contributed by atoms with E-state index >= 15 is 0 Å². The third kappa shape index (κ3) is 5.67. The number of pyridine rings is 1. The second kappa shape index (κ2) is 9.47. The van der Waals surface area contributed by atoms with Gasteiger partial charge in [0, 0.05) is 31.9 Å². The summed E-state index contributed by atoms with van der Waals surface area (Å²) >= 11 is 0. The number of ether oxygens (including phenoxy) is 1. The molecule has 0 saturated carbocycles. The van der Waals surface area contributed by atoms with Gasteiger partial charge < -0.3 is 20.3 Å². The minimum Gasteiger partial charge on any atom is -0.375 e. The number of nitrogens with zero attached hydrogens (tertiary/aromatic N) is 3. The van der Waals surface area contributed by atoms with Gasteiger partial charge in [0.2, 0.25) is 0 Å². The first kappa shape index (κ1) is 18.5. The zero-order chi connectivity index (χ0) is 17.4. The van der Waals surface area contributed by atoms with E-state index in [9.17, 15) is 0 Å². The summed E-state index contributed by atoms with van der Waals surface area (Å²) in [6.45, 7) is 12.5. The Kier molecular flexibility index (Phi) is 7.31. The summed E-state index contributed by atoms with van der Waals surface area (Å²) in [7, 11) is 0. The van der Waals surface area contributed by atoms with E-state index in [0.717, 1.165) is 50.0 Å². The van der Waals surface area contributed by atoms with Gasteiger partial charge in [0.05, 0.1) is 19.3 Å². The Morgan fingerprint density at radius 2 is 2.29 bits per heavy atom. The zero-order valence-corrected chi connectivity index (χ0v) is 15.4. The van der Waals surface area contributed by atoms with Crippen LogP contribution in [0, 0.1) is 0 Å². The lowest BCUT2D eigenvalue weighted by Gasteiger charge is -2.32. The van der Waals surface area contributed by atoms with Crippen molar-refractivity contribution in [3.05, 3.63) is 23.9 Å². The Labute approximate surface area is 145 Å². The molecular formula is C18H31N5O. The number of aliphatic imine (C=N–C) groups is 1. The highest BCUT2D eigenvalue weighted by molar-refractivity contribution is 5.80. The number of anilines is 1. The lowest BCUT2D eigenvalue weighted by Crippen LogP contribution is -2.42. The van der Waals surface area contributed by atoms with Crippen molar-refractivity contribution in [2.45, 2.75) is 52.8 Å². The molecule has 2 unspecified atom stereocenters. The molecule has 0 bridgehead atoms. The van der Waals surface area contributed by atoms with Gasteiger partial charge in [-0.1, -0.05) is 13.0 Å². The van der Waals surface area contributed by atoms with E-state index in [1.54, 1.807) is 0 Å². The minimum atomic E-state index is 0.263. The highest BCUT2D eigenvalue weighted by Crippen LogP contribution is 2.15. The van der Waals surface area contributed by atoms with E-state index in [1.807, 2.05) is 6.20 Å². The molecule has 1 aliphatic heterocycles. The van der Waals surface area contributed by atoms with Gasteiger partial charge in [-0.25, -0.2) is 9.98 Å². The van der Waals surface area contributed by atoms with Gasteiger partial charge in [0.1, 0.15) is 5.82 Å². The fourth-order valence-corrected chi connectivity index (χ4v) is 2.55. The fraction of sp³-hybridized carbons (Fsp3) is 0.667. The van der Waals surface area contributed by atoms with Crippen molar-refractivity contribution in [2.24, 2.45) is 4.99 Å². The molecular weight excluding hydrogens is 302 g/mol. The van der Waals surface area contributed by atoms with Crippen LogP contribution in [0.15, 0.2) is 23.3 Å². The van der Waals surface area contributed by atoms with Crippen molar-refractivity contribution in [1.82, 2.24) is 15.6 Å². The van der Waals surface area contributed by atoms with Crippen LogP contribution in [-0.2, 0) is 11.3 Å². The van der Waals surface area contributed by atoms with Gasteiger partial charge in [-0.3, -0.25) is 0 Å². The highest BCUT2D eigenvalue weighted by atomic mass is 16.5. The quantitative estimate of drug-likeness (QED) is 0.617. The van der Waals surface area contributed by atoms with Crippen LogP contribution in [0.3, 0.4) is 0 Å². The molecule has 134 valence electrons. The molecule has 6 nitrogen and oxygen atoms in total. The molecule has 1 aliphatic rings. The van der Waals surface area contributed by atoms with Crippen LogP contribution in [0.2, 0.25) is 0 Å². The van der Waals surface area contributed by atoms with E-state index in [4.69, 9.17) is 4.74 Å². The fourth-order valence-electron chi connectivity index (χ4n) is 2.55. The average Bonchev–Trinajstić information content (AvgIpc) is 2.60. The van der Waals surface area contributed by atoms with E-state index in [0.29, 0.717) is 12.6 Å². The minimum absolute atomic E-state index is 0.263. The third-order valence-electron chi connectivity index (χ3n) is 4.13. The lowest BCUT2D eigenvalue weighted by atomic mass is 10.2. The van der Waals surface area contributed by atoms with Gasteiger partial charge in [-0.15, -0.1) is 0 Å². The normalized spacial score (nSPS) is 19.9. The SMILES string of the molecule is CCNC(=NCc1ccc(N2CCOC(C)C2)nc1)NC(C)CC. The number of aromatic nitrogens is 1. The predicted molar refractivity (Wildman–Crippen MR) is 99.6 cm³/mol. The van der Waals surface area contributed by atoms with E-state index in [1.165, 1.54) is 0 Å². The van der Waals surface area contributed by atoms with Crippen molar-refractivity contribution in [3.63, 3.8) is 0 Å². The molecule has 1 saturated heterocycles. The molecule has 1 aromatic rings. The monoisotopic (exact) mass is 333 g/mol. The standard InChI is InChI=1S/C18H31N5O/c1-5-14(3)22-18(19-6-2)21-12-16-7-8-17(20-11-16)23-9-10-24-15(4)13-23/h7-8,11,14-15H,5-6,9-10,12-13H2,1-4H3,(H2,19,21,22). The van der Waals surface area contributed by atoms with Gasteiger partial charge in [-0.2, -0.15) is 0 Å². The summed E-state index contributed by atoms with van der Waals surface area (Å²) in [5.74, 6) is 1.88. The first-order valence-electron chi connectivity index (χ1n) is 8.98. The molecule has 0 amide bonds. The van der Waals surface area contributed by atoms with Crippen molar-refractivity contribution in [3.8, 4) is 0 Å². The Morgan fingerprint density at radius 3 is 2.92 bits per heavy atom. The first-order valence-corrected chi connectivity index (χ1v) is 8.98. The number of hydrogen-bond acceptors (Lipinski definition) is 4. The Hall–Kier alpha value is -1.82. The molecule has 1 fully saturated rings. The van der Waals surface area contributed by atoms with E-state index < -0.39 is 0 Å². The van der Waals surface area contributed by atoms with Gasteiger partial charge in [0.25, 0.3) is 0 Å². The van der Waals surface area contributed by atoms with Crippen LogP contribution < -0.4 is 15.5 Å². The summed E-state index contributed by atoms with van der Waals surface area (Å²) in [5.41, 5.74) is 1.11. The summed E-state index contributed by atoms with van der Waals surface area (Å²) in [6, 6.07) is 4.60. The third-order valence-corrected chi connectivity index (χ3v) is 4.13. The van der Waals surface area contributed by atoms with E-state index in [-0.39, 0.29) is 6.10 Å². The molecule has 6 heteroatoms. The molecule has 2 atom stereocenters. The second-order valence-electron chi connectivity index (χ2n) is 6.30. The topological polar surface area (TPSA) is 61.8 Å².